The molecule has 0 aromatic heterocycles. The van der Waals surface area contributed by atoms with Crippen molar-refractivity contribution < 1.29 is 5.11 Å². The molecule has 1 aromatic carbocycles. The lowest BCUT2D eigenvalue weighted by molar-refractivity contribution is 0.0786. The van der Waals surface area contributed by atoms with Crippen LogP contribution in [0.2, 0.25) is 0 Å². The van der Waals surface area contributed by atoms with Crippen molar-refractivity contribution in [2.45, 2.75) is 26.4 Å². The standard InChI is InChI=1S/C12H16O/c1-9(2)10-6-5-7-11(8-10)12(3,4)13/h5-8,13H,1H2,2-4H3. The predicted molar refractivity (Wildman–Crippen MR) is 56.4 cm³/mol. The van der Waals surface area contributed by atoms with E-state index >= 15 is 0 Å². The second-order valence-corrected chi connectivity index (χ2v) is 3.92. The minimum atomic E-state index is -0.772. The fraction of sp³-hybridized carbons (Fsp3) is 0.333. The molecule has 0 saturated carbocycles. The summed E-state index contributed by atoms with van der Waals surface area (Å²) in [6, 6.07) is 7.84. The molecule has 0 aliphatic rings. The maximum absolute atomic E-state index is 9.77. The van der Waals surface area contributed by atoms with Crippen LogP contribution in [0.5, 0.6) is 0 Å². The molecule has 1 N–H and O–H groups in total. The Balaban J connectivity index is 3.13. The van der Waals surface area contributed by atoms with Crippen LogP contribution in [0, 0.1) is 0 Å². The molecule has 0 spiro atoms. The summed E-state index contributed by atoms with van der Waals surface area (Å²) in [5.74, 6) is 0. The first-order valence-corrected chi connectivity index (χ1v) is 4.40. The van der Waals surface area contributed by atoms with Crippen LogP contribution in [0.25, 0.3) is 5.57 Å². The Hall–Kier alpha value is -1.08. The topological polar surface area (TPSA) is 20.2 Å². The number of hydrogen-bond donors (Lipinski definition) is 1. The summed E-state index contributed by atoms with van der Waals surface area (Å²) in [6.45, 7) is 9.39. The van der Waals surface area contributed by atoms with E-state index in [9.17, 15) is 5.11 Å². The van der Waals surface area contributed by atoms with Crippen LogP contribution in [0.4, 0.5) is 0 Å². The first-order valence-electron chi connectivity index (χ1n) is 4.40. The van der Waals surface area contributed by atoms with Gasteiger partial charge in [0.05, 0.1) is 5.60 Å². The zero-order valence-electron chi connectivity index (χ0n) is 8.46. The van der Waals surface area contributed by atoms with Gasteiger partial charge in [0.2, 0.25) is 0 Å². The van der Waals surface area contributed by atoms with Gasteiger partial charge in [0, 0.05) is 0 Å². The fourth-order valence-corrected chi connectivity index (χ4v) is 1.17. The SMILES string of the molecule is C=C(C)c1cccc(C(C)(C)O)c1. The van der Waals surface area contributed by atoms with Crippen molar-refractivity contribution in [2.24, 2.45) is 0 Å². The summed E-state index contributed by atoms with van der Waals surface area (Å²) in [5, 5.41) is 9.77. The Morgan fingerprint density at radius 3 is 2.46 bits per heavy atom. The van der Waals surface area contributed by atoms with E-state index in [0.29, 0.717) is 0 Å². The Bertz CT molecular complexity index is 318. The summed E-state index contributed by atoms with van der Waals surface area (Å²) in [4.78, 5) is 0. The molecular formula is C12H16O. The Morgan fingerprint density at radius 1 is 1.38 bits per heavy atom. The van der Waals surface area contributed by atoms with Crippen LogP contribution in [-0.4, -0.2) is 5.11 Å². The van der Waals surface area contributed by atoms with Gasteiger partial charge in [-0.1, -0.05) is 30.4 Å². The lowest BCUT2D eigenvalue weighted by Gasteiger charge is -2.18. The van der Waals surface area contributed by atoms with Gasteiger partial charge in [0.1, 0.15) is 0 Å². The average molecular weight is 176 g/mol. The van der Waals surface area contributed by atoms with Crippen LogP contribution in [0.3, 0.4) is 0 Å². The number of benzene rings is 1. The highest BCUT2D eigenvalue weighted by atomic mass is 16.3. The van der Waals surface area contributed by atoms with Gasteiger partial charge in [-0.05, 0) is 38.0 Å². The van der Waals surface area contributed by atoms with Crippen molar-refractivity contribution in [1.29, 1.82) is 0 Å². The lowest BCUT2D eigenvalue weighted by atomic mass is 9.95. The van der Waals surface area contributed by atoms with Crippen molar-refractivity contribution in [3.05, 3.63) is 42.0 Å². The van der Waals surface area contributed by atoms with Crippen molar-refractivity contribution >= 4 is 5.57 Å². The molecule has 13 heavy (non-hydrogen) atoms. The minimum Gasteiger partial charge on any atom is -0.386 e. The van der Waals surface area contributed by atoms with Crippen molar-refractivity contribution in [3.63, 3.8) is 0 Å². The van der Waals surface area contributed by atoms with E-state index in [1.165, 1.54) is 0 Å². The smallest absolute Gasteiger partial charge is 0.0840 e. The average Bonchev–Trinajstić information content (AvgIpc) is 2.03. The summed E-state index contributed by atoms with van der Waals surface area (Å²) in [6.07, 6.45) is 0. The van der Waals surface area contributed by atoms with Gasteiger partial charge in [0.15, 0.2) is 0 Å². The highest BCUT2D eigenvalue weighted by molar-refractivity contribution is 5.62. The van der Waals surface area contributed by atoms with Gasteiger partial charge in [-0.15, -0.1) is 0 Å². The third-order valence-electron chi connectivity index (χ3n) is 2.06. The first-order chi connectivity index (χ1) is 5.91. The van der Waals surface area contributed by atoms with E-state index in [0.717, 1.165) is 16.7 Å². The third kappa shape index (κ3) is 2.43. The maximum Gasteiger partial charge on any atom is 0.0840 e. The maximum atomic E-state index is 9.77. The highest BCUT2D eigenvalue weighted by Gasteiger charge is 2.15. The predicted octanol–water partition coefficient (Wildman–Crippen LogP) is 2.95. The fourth-order valence-electron chi connectivity index (χ4n) is 1.17. The molecule has 1 rings (SSSR count). The largest absolute Gasteiger partial charge is 0.386 e. The molecule has 1 heteroatoms. The summed E-state index contributed by atoms with van der Waals surface area (Å²) in [5.41, 5.74) is 2.25. The van der Waals surface area contributed by atoms with Crippen LogP contribution < -0.4 is 0 Å². The Kier molecular flexibility index (Phi) is 2.58. The van der Waals surface area contributed by atoms with E-state index in [-0.39, 0.29) is 0 Å². The van der Waals surface area contributed by atoms with Gasteiger partial charge in [0.25, 0.3) is 0 Å². The van der Waals surface area contributed by atoms with Crippen LogP contribution in [-0.2, 0) is 5.60 Å². The molecule has 0 amide bonds. The molecule has 0 unspecified atom stereocenters. The lowest BCUT2D eigenvalue weighted by Crippen LogP contribution is -2.15. The van der Waals surface area contributed by atoms with E-state index in [1.54, 1.807) is 13.8 Å². The monoisotopic (exact) mass is 176 g/mol. The minimum absolute atomic E-state index is 0.772. The first kappa shape index (κ1) is 10.0. The molecule has 0 aliphatic carbocycles. The van der Waals surface area contributed by atoms with Gasteiger partial charge in [-0.25, -0.2) is 0 Å². The zero-order valence-corrected chi connectivity index (χ0v) is 8.46. The molecule has 0 radical (unpaired) electrons. The van der Waals surface area contributed by atoms with Crippen LogP contribution in [0.1, 0.15) is 31.9 Å². The Morgan fingerprint density at radius 2 is 2.00 bits per heavy atom. The second kappa shape index (κ2) is 3.35. The number of aliphatic hydroxyl groups is 1. The molecule has 1 nitrogen and oxygen atoms in total. The van der Waals surface area contributed by atoms with Crippen LogP contribution >= 0.6 is 0 Å². The zero-order chi connectivity index (χ0) is 10.1. The second-order valence-electron chi connectivity index (χ2n) is 3.92. The summed E-state index contributed by atoms with van der Waals surface area (Å²) < 4.78 is 0. The van der Waals surface area contributed by atoms with Crippen molar-refractivity contribution in [3.8, 4) is 0 Å². The quantitative estimate of drug-likeness (QED) is 0.734. The van der Waals surface area contributed by atoms with Crippen molar-refractivity contribution in [1.82, 2.24) is 0 Å². The highest BCUT2D eigenvalue weighted by Crippen LogP contribution is 2.22. The molecule has 1 aromatic rings. The molecule has 0 aliphatic heterocycles. The molecule has 0 saturated heterocycles. The van der Waals surface area contributed by atoms with Gasteiger partial charge < -0.3 is 5.11 Å². The molecule has 0 bridgehead atoms. The Labute approximate surface area is 79.7 Å². The molecule has 0 atom stereocenters. The summed E-state index contributed by atoms with van der Waals surface area (Å²) >= 11 is 0. The molecule has 70 valence electrons. The molecular weight excluding hydrogens is 160 g/mol. The summed E-state index contributed by atoms with van der Waals surface area (Å²) in [7, 11) is 0. The molecule has 0 fully saturated rings. The van der Waals surface area contributed by atoms with Gasteiger partial charge in [-0.2, -0.15) is 0 Å². The van der Waals surface area contributed by atoms with Gasteiger partial charge in [-0.3, -0.25) is 0 Å². The number of rotatable bonds is 2. The van der Waals surface area contributed by atoms with E-state index in [1.807, 2.05) is 31.2 Å². The number of hydrogen-bond acceptors (Lipinski definition) is 1. The van der Waals surface area contributed by atoms with E-state index < -0.39 is 5.60 Å². The van der Waals surface area contributed by atoms with E-state index in [4.69, 9.17) is 0 Å². The van der Waals surface area contributed by atoms with Crippen LogP contribution in [0.15, 0.2) is 30.8 Å². The normalized spacial score (nSPS) is 11.4. The number of allylic oxidation sites excluding steroid dienone is 1. The third-order valence-corrected chi connectivity index (χ3v) is 2.06. The molecule has 0 heterocycles. The van der Waals surface area contributed by atoms with E-state index in [2.05, 4.69) is 6.58 Å². The van der Waals surface area contributed by atoms with Crippen molar-refractivity contribution in [2.75, 3.05) is 0 Å². The van der Waals surface area contributed by atoms with Gasteiger partial charge >= 0.3 is 0 Å².